The number of carbonyl (C=O) groups excluding carboxylic acids is 1. The fraction of sp³-hybridized carbons (Fsp3) is 0.647. The van der Waals surface area contributed by atoms with Crippen molar-refractivity contribution in [3.8, 4) is 5.75 Å². The van der Waals surface area contributed by atoms with Gasteiger partial charge in [0, 0.05) is 12.1 Å². The van der Waals surface area contributed by atoms with Gasteiger partial charge in [0.05, 0.1) is 6.61 Å². The van der Waals surface area contributed by atoms with E-state index in [0.717, 1.165) is 13.0 Å². The third kappa shape index (κ3) is 4.73. The predicted octanol–water partition coefficient (Wildman–Crippen LogP) is 4.03. The molecule has 1 aliphatic rings. The lowest BCUT2D eigenvalue weighted by Gasteiger charge is -2.22. The van der Waals surface area contributed by atoms with Crippen LogP contribution in [0.2, 0.25) is 0 Å². The molecule has 4 nitrogen and oxygen atoms in total. The number of hydrogen-bond donors (Lipinski definition) is 1. The number of anilines is 1. The molecule has 1 amide bonds. The minimum atomic E-state index is -0.0156. The molecule has 1 aromatic heterocycles. The number of amides is 1. The Labute approximate surface area is 127 Å². The van der Waals surface area contributed by atoms with E-state index in [1.807, 2.05) is 26.0 Å². The Hall–Kier alpha value is -1.58. The summed E-state index contributed by atoms with van der Waals surface area (Å²) in [5.74, 6) is 1.84. The molecule has 21 heavy (non-hydrogen) atoms. The summed E-state index contributed by atoms with van der Waals surface area (Å²) in [6.07, 6.45) is 8.94. The highest BCUT2D eigenvalue weighted by Gasteiger charge is 2.17. The molecule has 0 saturated heterocycles. The van der Waals surface area contributed by atoms with Gasteiger partial charge in [-0.3, -0.25) is 4.79 Å². The van der Waals surface area contributed by atoms with Gasteiger partial charge in [-0.2, -0.15) is 0 Å². The minimum absolute atomic E-state index is 0.00119. The minimum Gasteiger partial charge on any atom is -0.489 e. The smallest absolute Gasteiger partial charge is 0.228 e. The van der Waals surface area contributed by atoms with Crippen molar-refractivity contribution in [1.29, 1.82) is 0 Å². The average Bonchev–Trinajstić information content (AvgIpc) is 2.54. The Morgan fingerprint density at radius 3 is 2.90 bits per heavy atom. The zero-order valence-corrected chi connectivity index (χ0v) is 13.1. The number of ether oxygens (including phenoxy) is 1. The van der Waals surface area contributed by atoms with Gasteiger partial charge in [-0.1, -0.05) is 33.1 Å². The summed E-state index contributed by atoms with van der Waals surface area (Å²) in [6, 6.07) is 3.72. The highest BCUT2D eigenvalue weighted by atomic mass is 16.5. The van der Waals surface area contributed by atoms with E-state index in [-0.39, 0.29) is 11.8 Å². The van der Waals surface area contributed by atoms with Crippen LogP contribution in [0.5, 0.6) is 5.75 Å². The second-order valence-corrected chi connectivity index (χ2v) is 5.96. The van der Waals surface area contributed by atoms with E-state index in [4.69, 9.17) is 4.74 Å². The van der Waals surface area contributed by atoms with Crippen LogP contribution in [0.15, 0.2) is 18.3 Å². The van der Waals surface area contributed by atoms with Crippen LogP contribution in [0.4, 0.5) is 5.82 Å². The fourth-order valence-corrected chi connectivity index (χ4v) is 2.59. The number of pyridine rings is 1. The molecule has 1 N–H and O–H groups in total. The number of nitrogens with one attached hydrogen (secondary N) is 1. The Morgan fingerprint density at radius 2 is 2.19 bits per heavy atom. The van der Waals surface area contributed by atoms with Gasteiger partial charge in [0.15, 0.2) is 11.6 Å². The zero-order chi connectivity index (χ0) is 15.1. The first-order valence-corrected chi connectivity index (χ1v) is 8.09. The summed E-state index contributed by atoms with van der Waals surface area (Å²) in [7, 11) is 0. The molecule has 116 valence electrons. The van der Waals surface area contributed by atoms with E-state index >= 15 is 0 Å². The van der Waals surface area contributed by atoms with Gasteiger partial charge in [0.2, 0.25) is 5.91 Å². The molecule has 1 aromatic rings. The van der Waals surface area contributed by atoms with Gasteiger partial charge in [-0.05, 0) is 37.3 Å². The highest BCUT2D eigenvalue weighted by Crippen LogP contribution is 2.27. The fourth-order valence-electron chi connectivity index (χ4n) is 2.59. The van der Waals surface area contributed by atoms with Gasteiger partial charge in [-0.15, -0.1) is 0 Å². The normalized spacial score (nSPS) is 17.2. The van der Waals surface area contributed by atoms with Crippen LogP contribution in [0.3, 0.4) is 0 Å². The molecule has 2 rings (SSSR count). The molecule has 0 bridgehead atoms. The van der Waals surface area contributed by atoms with Crippen LogP contribution in [-0.2, 0) is 4.79 Å². The SMILES string of the molecule is CCC(C)C(=O)Nc1ncccc1OCC1CCCCC1. The quantitative estimate of drug-likeness (QED) is 0.860. The lowest BCUT2D eigenvalue weighted by molar-refractivity contribution is -0.119. The van der Waals surface area contributed by atoms with Crippen LogP contribution >= 0.6 is 0 Å². The lowest BCUT2D eigenvalue weighted by atomic mass is 9.90. The molecule has 0 spiro atoms. The Bertz CT molecular complexity index is 456. The third-order valence-corrected chi connectivity index (χ3v) is 4.27. The second-order valence-electron chi connectivity index (χ2n) is 5.96. The highest BCUT2D eigenvalue weighted by molar-refractivity contribution is 5.92. The molecule has 1 atom stereocenters. The summed E-state index contributed by atoms with van der Waals surface area (Å²) in [4.78, 5) is 16.2. The second kappa shape index (κ2) is 8.01. The maximum absolute atomic E-state index is 12.0. The van der Waals surface area contributed by atoms with Crippen LogP contribution < -0.4 is 10.1 Å². The summed E-state index contributed by atoms with van der Waals surface area (Å²) in [5, 5.41) is 2.87. The topological polar surface area (TPSA) is 51.2 Å². The molecule has 4 heteroatoms. The van der Waals surface area contributed by atoms with Gasteiger partial charge >= 0.3 is 0 Å². The number of rotatable bonds is 6. The van der Waals surface area contributed by atoms with Crippen molar-refractivity contribution in [1.82, 2.24) is 4.98 Å². The number of carbonyl (C=O) groups is 1. The van der Waals surface area contributed by atoms with Crippen LogP contribution in [0, 0.1) is 11.8 Å². The molecular formula is C17H26N2O2. The van der Waals surface area contributed by atoms with E-state index in [9.17, 15) is 4.79 Å². The maximum atomic E-state index is 12.0. The van der Waals surface area contributed by atoms with Gasteiger partial charge in [0.1, 0.15) is 0 Å². The van der Waals surface area contributed by atoms with E-state index in [2.05, 4.69) is 10.3 Å². The van der Waals surface area contributed by atoms with Crippen LogP contribution in [0.25, 0.3) is 0 Å². The van der Waals surface area contributed by atoms with Crippen LogP contribution in [0.1, 0.15) is 52.4 Å². The van der Waals surface area contributed by atoms with Crippen molar-refractivity contribution in [3.63, 3.8) is 0 Å². The van der Waals surface area contributed by atoms with E-state index in [1.54, 1.807) is 6.20 Å². The molecule has 0 aliphatic heterocycles. The standard InChI is InChI=1S/C17H26N2O2/c1-3-13(2)17(20)19-16-15(10-7-11-18-16)21-12-14-8-5-4-6-9-14/h7,10-11,13-14H,3-6,8-9,12H2,1-2H3,(H,18,19,20). The largest absolute Gasteiger partial charge is 0.489 e. The van der Waals surface area contributed by atoms with E-state index in [0.29, 0.717) is 17.5 Å². The first-order valence-electron chi connectivity index (χ1n) is 8.09. The third-order valence-electron chi connectivity index (χ3n) is 4.27. The Balaban J connectivity index is 1.94. The number of hydrogen-bond acceptors (Lipinski definition) is 3. The van der Waals surface area contributed by atoms with Crippen molar-refractivity contribution >= 4 is 11.7 Å². The Morgan fingerprint density at radius 1 is 1.43 bits per heavy atom. The van der Waals surface area contributed by atoms with Gasteiger partial charge < -0.3 is 10.1 Å². The van der Waals surface area contributed by atoms with Crippen molar-refractivity contribution in [2.45, 2.75) is 52.4 Å². The molecule has 1 fully saturated rings. The van der Waals surface area contributed by atoms with E-state index < -0.39 is 0 Å². The maximum Gasteiger partial charge on any atom is 0.228 e. The summed E-state index contributed by atoms with van der Waals surface area (Å²) < 4.78 is 5.91. The zero-order valence-electron chi connectivity index (χ0n) is 13.1. The van der Waals surface area contributed by atoms with Gasteiger partial charge in [-0.25, -0.2) is 4.98 Å². The average molecular weight is 290 g/mol. The number of aromatic nitrogens is 1. The van der Waals surface area contributed by atoms with Crippen molar-refractivity contribution in [2.24, 2.45) is 11.8 Å². The van der Waals surface area contributed by atoms with Crippen molar-refractivity contribution < 1.29 is 9.53 Å². The van der Waals surface area contributed by atoms with Crippen molar-refractivity contribution in [2.75, 3.05) is 11.9 Å². The first kappa shape index (κ1) is 15.8. The molecule has 1 heterocycles. The van der Waals surface area contributed by atoms with E-state index in [1.165, 1.54) is 32.1 Å². The molecular weight excluding hydrogens is 264 g/mol. The molecule has 1 unspecified atom stereocenters. The molecule has 1 aliphatic carbocycles. The summed E-state index contributed by atoms with van der Waals surface area (Å²) in [6.45, 7) is 4.64. The molecule has 0 aromatic carbocycles. The molecule has 0 radical (unpaired) electrons. The predicted molar refractivity (Wildman–Crippen MR) is 84.4 cm³/mol. The monoisotopic (exact) mass is 290 g/mol. The summed E-state index contributed by atoms with van der Waals surface area (Å²) >= 11 is 0. The van der Waals surface area contributed by atoms with Gasteiger partial charge in [0.25, 0.3) is 0 Å². The van der Waals surface area contributed by atoms with Crippen molar-refractivity contribution in [3.05, 3.63) is 18.3 Å². The lowest BCUT2D eigenvalue weighted by Crippen LogP contribution is -2.21. The summed E-state index contributed by atoms with van der Waals surface area (Å²) in [5.41, 5.74) is 0. The first-order chi connectivity index (χ1) is 10.2. The van der Waals surface area contributed by atoms with Crippen LogP contribution in [-0.4, -0.2) is 17.5 Å². The number of nitrogens with zero attached hydrogens (tertiary/aromatic N) is 1. The molecule has 1 saturated carbocycles. The Kier molecular flexibility index (Phi) is 6.03.